The lowest BCUT2D eigenvalue weighted by Crippen LogP contribution is -2.46. The number of thioether (sulfide) groups is 1. The van der Waals surface area contributed by atoms with Gasteiger partial charge in [-0.2, -0.15) is 0 Å². The van der Waals surface area contributed by atoms with Crippen LogP contribution in [0.3, 0.4) is 0 Å². The van der Waals surface area contributed by atoms with Gasteiger partial charge in [0.1, 0.15) is 11.1 Å². The third kappa shape index (κ3) is 3.45. The zero-order valence-electron chi connectivity index (χ0n) is 10.5. The summed E-state index contributed by atoms with van der Waals surface area (Å²) in [4.78, 5) is 27.7. The molecule has 0 aromatic carbocycles. The number of amides is 2. The minimum absolute atomic E-state index is 0.319. The zero-order valence-corrected chi connectivity index (χ0v) is 11.3. The second-order valence-electron chi connectivity index (χ2n) is 4.01. The standard InChI is InChI=1S/C12H15N3O3S/c1-19-12-8(4-2-6-13-12)10(16)14-15-11(17)9-5-3-7-18-9/h2,4,6,9H,3,5,7H2,1H3,(H,14,16)(H,15,17)/t9-/m0/s1. The van der Waals surface area contributed by atoms with E-state index in [4.69, 9.17) is 4.74 Å². The molecule has 0 spiro atoms. The molecule has 0 bridgehead atoms. The van der Waals surface area contributed by atoms with E-state index in [0.29, 0.717) is 23.6 Å². The molecule has 6 nitrogen and oxygen atoms in total. The highest BCUT2D eigenvalue weighted by atomic mass is 32.2. The summed E-state index contributed by atoms with van der Waals surface area (Å²) in [6, 6.07) is 3.34. The van der Waals surface area contributed by atoms with Gasteiger partial charge in [0.15, 0.2) is 0 Å². The Labute approximate surface area is 115 Å². The minimum Gasteiger partial charge on any atom is -0.368 e. The van der Waals surface area contributed by atoms with Crippen LogP contribution in [0.25, 0.3) is 0 Å². The van der Waals surface area contributed by atoms with Crippen LogP contribution in [0, 0.1) is 0 Å². The number of aromatic nitrogens is 1. The molecule has 2 heterocycles. The largest absolute Gasteiger partial charge is 0.368 e. The van der Waals surface area contributed by atoms with Crippen LogP contribution in [-0.2, 0) is 9.53 Å². The highest BCUT2D eigenvalue weighted by molar-refractivity contribution is 7.98. The van der Waals surface area contributed by atoms with E-state index < -0.39 is 6.10 Å². The number of hydrazine groups is 1. The second-order valence-corrected chi connectivity index (χ2v) is 4.80. The molecule has 2 N–H and O–H groups in total. The summed E-state index contributed by atoms with van der Waals surface area (Å²) in [5.41, 5.74) is 5.19. The number of ether oxygens (including phenoxy) is 1. The zero-order chi connectivity index (χ0) is 13.7. The van der Waals surface area contributed by atoms with Crippen molar-refractivity contribution in [3.63, 3.8) is 0 Å². The van der Waals surface area contributed by atoms with Gasteiger partial charge in [0.05, 0.1) is 5.56 Å². The Bertz CT molecular complexity index is 475. The molecule has 19 heavy (non-hydrogen) atoms. The summed E-state index contributed by atoms with van der Waals surface area (Å²) in [5, 5.41) is 0.617. The van der Waals surface area contributed by atoms with E-state index in [1.807, 2.05) is 6.26 Å². The molecule has 7 heteroatoms. The first-order valence-corrected chi connectivity index (χ1v) is 7.15. The van der Waals surface area contributed by atoms with Gasteiger partial charge in [0, 0.05) is 12.8 Å². The van der Waals surface area contributed by atoms with Crippen LogP contribution in [0.5, 0.6) is 0 Å². The Balaban J connectivity index is 1.92. The van der Waals surface area contributed by atoms with Crippen LogP contribution in [0.1, 0.15) is 23.2 Å². The summed E-state index contributed by atoms with van der Waals surface area (Å²) in [5.74, 6) is -0.704. The molecule has 0 aliphatic carbocycles. The van der Waals surface area contributed by atoms with Crippen molar-refractivity contribution in [2.45, 2.75) is 24.0 Å². The number of rotatable bonds is 3. The molecule has 1 aromatic rings. The van der Waals surface area contributed by atoms with E-state index in [0.717, 1.165) is 6.42 Å². The maximum atomic E-state index is 11.9. The molecule has 1 aromatic heterocycles. The van der Waals surface area contributed by atoms with Crippen molar-refractivity contribution in [1.82, 2.24) is 15.8 Å². The summed E-state index contributed by atoms with van der Waals surface area (Å²) in [6.07, 6.45) is 4.54. The highest BCUT2D eigenvalue weighted by Crippen LogP contribution is 2.16. The summed E-state index contributed by atoms with van der Waals surface area (Å²) < 4.78 is 5.22. The molecule has 1 aliphatic rings. The summed E-state index contributed by atoms with van der Waals surface area (Å²) in [6.45, 7) is 0.589. The Morgan fingerprint density at radius 3 is 3.00 bits per heavy atom. The van der Waals surface area contributed by atoms with Crippen molar-refractivity contribution < 1.29 is 14.3 Å². The minimum atomic E-state index is -0.464. The number of carbonyl (C=O) groups excluding carboxylic acids is 2. The molecule has 2 amide bonds. The SMILES string of the molecule is CSc1ncccc1C(=O)NNC(=O)[C@@H]1CCCO1. The number of hydrogen-bond donors (Lipinski definition) is 2. The monoisotopic (exact) mass is 281 g/mol. The van der Waals surface area contributed by atoms with E-state index >= 15 is 0 Å². The van der Waals surface area contributed by atoms with Gasteiger partial charge in [-0.25, -0.2) is 4.98 Å². The van der Waals surface area contributed by atoms with E-state index in [2.05, 4.69) is 15.8 Å². The Morgan fingerprint density at radius 2 is 2.32 bits per heavy atom. The lowest BCUT2D eigenvalue weighted by molar-refractivity contribution is -0.130. The van der Waals surface area contributed by atoms with Crippen molar-refractivity contribution in [2.24, 2.45) is 0 Å². The topological polar surface area (TPSA) is 80.3 Å². The average Bonchev–Trinajstić information content (AvgIpc) is 2.98. The van der Waals surface area contributed by atoms with Crippen LogP contribution >= 0.6 is 11.8 Å². The predicted octanol–water partition coefficient (Wildman–Crippen LogP) is 0.743. The lowest BCUT2D eigenvalue weighted by Gasteiger charge is -2.12. The van der Waals surface area contributed by atoms with E-state index in [1.54, 1.807) is 18.3 Å². The maximum absolute atomic E-state index is 11.9. The van der Waals surface area contributed by atoms with Crippen LogP contribution in [0.15, 0.2) is 23.4 Å². The van der Waals surface area contributed by atoms with Crippen molar-refractivity contribution in [3.8, 4) is 0 Å². The summed E-state index contributed by atoms with van der Waals surface area (Å²) in [7, 11) is 0. The van der Waals surface area contributed by atoms with Crippen molar-refractivity contribution in [2.75, 3.05) is 12.9 Å². The van der Waals surface area contributed by atoms with Gasteiger partial charge in [-0.3, -0.25) is 20.4 Å². The Kier molecular flexibility index (Phi) is 4.75. The quantitative estimate of drug-likeness (QED) is 0.631. The van der Waals surface area contributed by atoms with Gasteiger partial charge < -0.3 is 4.74 Å². The lowest BCUT2D eigenvalue weighted by atomic mass is 10.2. The third-order valence-electron chi connectivity index (χ3n) is 2.73. The number of hydrogen-bond acceptors (Lipinski definition) is 5. The fourth-order valence-electron chi connectivity index (χ4n) is 1.78. The molecular formula is C12H15N3O3S. The molecule has 1 saturated heterocycles. The maximum Gasteiger partial charge on any atom is 0.272 e. The molecule has 0 saturated carbocycles. The van der Waals surface area contributed by atoms with Crippen LogP contribution in [0.2, 0.25) is 0 Å². The Hall–Kier alpha value is -1.60. The number of pyridine rings is 1. The smallest absolute Gasteiger partial charge is 0.272 e. The number of nitrogens with zero attached hydrogens (tertiary/aromatic N) is 1. The normalized spacial score (nSPS) is 18.1. The number of carbonyl (C=O) groups is 2. The Morgan fingerprint density at radius 1 is 1.47 bits per heavy atom. The summed E-state index contributed by atoms with van der Waals surface area (Å²) >= 11 is 1.37. The fourth-order valence-corrected chi connectivity index (χ4v) is 2.32. The van der Waals surface area contributed by atoms with E-state index in [-0.39, 0.29) is 11.8 Å². The van der Waals surface area contributed by atoms with Gasteiger partial charge >= 0.3 is 0 Å². The van der Waals surface area contributed by atoms with Gasteiger partial charge in [-0.15, -0.1) is 11.8 Å². The predicted molar refractivity (Wildman–Crippen MR) is 70.6 cm³/mol. The molecule has 102 valence electrons. The molecule has 1 fully saturated rings. The van der Waals surface area contributed by atoms with Gasteiger partial charge in [-0.05, 0) is 31.2 Å². The van der Waals surface area contributed by atoms with Crippen LogP contribution in [0.4, 0.5) is 0 Å². The second kappa shape index (κ2) is 6.53. The van der Waals surface area contributed by atoms with Gasteiger partial charge in [0.2, 0.25) is 0 Å². The van der Waals surface area contributed by atoms with Crippen LogP contribution in [-0.4, -0.2) is 35.8 Å². The molecule has 0 radical (unpaired) electrons. The third-order valence-corrected chi connectivity index (χ3v) is 3.44. The van der Waals surface area contributed by atoms with E-state index in [1.165, 1.54) is 11.8 Å². The average molecular weight is 281 g/mol. The fraction of sp³-hybridized carbons (Fsp3) is 0.417. The molecule has 2 rings (SSSR count). The van der Waals surface area contributed by atoms with Crippen molar-refractivity contribution in [3.05, 3.63) is 23.9 Å². The molecule has 0 unspecified atom stereocenters. The molecular weight excluding hydrogens is 266 g/mol. The first-order valence-electron chi connectivity index (χ1n) is 5.93. The van der Waals surface area contributed by atoms with Crippen LogP contribution < -0.4 is 10.9 Å². The molecule has 1 aliphatic heterocycles. The van der Waals surface area contributed by atoms with Crippen molar-refractivity contribution in [1.29, 1.82) is 0 Å². The first kappa shape index (κ1) is 13.8. The van der Waals surface area contributed by atoms with Gasteiger partial charge in [-0.1, -0.05) is 0 Å². The van der Waals surface area contributed by atoms with Gasteiger partial charge in [0.25, 0.3) is 11.8 Å². The highest BCUT2D eigenvalue weighted by Gasteiger charge is 2.24. The number of nitrogens with one attached hydrogen (secondary N) is 2. The van der Waals surface area contributed by atoms with E-state index in [9.17, 15) is 9.59 Å². The molecule has 1 atom stereocenters. The first-order chi connectivity index (χ1) is 9.22. The van der Waals surface area contributed by atoms with Crippen molar-refractivity contribution >= 4 is 23.6 Å².